The SMILES string of the molecule is CCOC(=O)[C@H](Nc1ccc(F)cc1)[C@H]1O[C@@H](OC)[C@@H]2OC(C)(C)O[C@@H]21. The number of methoxy groups -OCH3 is 1. The number of hydrogen-bond donors (Lipinski definition) is 1. The lowest BCUT2D eigenvalue weighted by atomic mass is 10.0. The summed E-state index contributed by atoms with van der Waals surface area (Å²) >= 11 is 0. The van der Waals surface area contributed by atoms with E-state index >= 15 is 0 Å². The zero-order valence-corrected chi connectivity index (χ0v) is 15.2. The summed E-state index contributed by atoms with van der Waals surface area (Å²) in [5.74, 6) is -1.68. The summed E-state index contributed by atoms with van der Waals surface area (Å²) < 4.78 is 41.4. The molecule has 144 valence electrons. The number of nitrogens with one attached hydrogen (secondary N) is 1. The number of anilines is 1. The van der Waals surface area contributed by atoms with Crippen LogP contribution in [0.3, 0.4) is 0 Å². The summed E-state index contributed by atoms with van der Waals surface area (Å²) in [5.41, 5.74) is 0.559. The summed E-state index contributed by atoms with van der Waals surface area (Å²) in [6.45, 7) is 5.53. The average molecular weight is 369 g/mol. The molecule has 2 fully saturated rings. The fraction of sp³-hybridized carbons (Fsp3) is 0.611. The van der Waals surface area contributed by atoms with Crippen molar-refractivity contribution in [1.29, 1.82) is 0 Å². The summed E-state index contributed by atoms with van der Waals surface area (Å²) in [4.78, 5) is 12.6. The van der Waals surface area contributed by atoms with Crippen LogP contribution >= 0.6 is 0 Å². The molecule has 8 heteroatoms. The Hall–Kier alpha value is -1.74. The third-order valence-electron chi connectivity index (χ3n) is 4.31. The van der Waals surface area contributed by atoms with E-state index < -0.39 is 42.4 Å². The molecular formula is C18H24FNO6. The summed E-state index contributed by atoms with van der Waals surface area (Å²) in [7, 11) is 1.51. The van der Waals surface area contributed by atoms with Crippen LogP contribution in [0.1, 0.15) is 20.8 Å². The van der Waals surface area contributed by atoms with Crippen molar-refractivity contribution in [2.45, 2.75) is 57.2 Å². The maximum Gasteiger partial charge on any atom is 0.331 e. The van der Waals surface area contributed by atoms with Crippen molar-refractivity contribution in [2.75, 3.05) is 19.0 Å². The van der Waals surface area contributed by atoms with Crippen molar-refractivity contribution in [1.82, 2.24) is 0 Å². The molecular weight excluding hydrogens is 345 g/mol. The van der Waals surface area contributed by atoms with Gasteiger partial charge in [-0.05, 0) is 45.0 Å². The molecule has 0 spiro atoms. The monoisotopic (exact) mass is 369 g/mol. The molecule has 2 heterocycles. The lowest BCUT2D eigenvalue weighted by molar-refractivity contribution is -0.229. The van der Waals surface area contributed by atoms with Gasteiger partial charge in [0.05, 0.1) is 6.61 Å². The Labute approximate surface area is 151 Å². The van der Waals surface area contributed by atoms with E-state index in [0.29, 0.717) is 5.69 Å². The molecule has 1 N–H and O–H groups in total. The van der Waals surface area contributed by atoms with E-state index in [2.05, 4.69) is 5.32 Å². The molecule has 0 radical (unpaired) electrons. The highest BCUT2D eigenvalue weighted by Gasteiger charge is 2.58. The fourth-order valence-electron chi connectivity index (χ4n) is 3.28. The zero-order valence-electron chi connectivity index (χ0n) is 15.2. The number of rotatable bonds is 6. The quantitative estimate of drug-likeness (QED) is 0.769. The van der Waals surface area contributed by atoms with Gasteiger partial charge in [-0.3, -0.25) is 0 Å². The van der Waals surface area contributed by atoms with Gasteiger partial charge in [0.2, 0.25) is 0 Å². The molecule has 0 aromatic heterocycles. The molecule has 0 unspecified atom stereocenters. The molecule has 1 aromatic carbocycles. The molecule has 2 saturated heterocycles. The van der Waals surface area contributed by atoms with Crippen LogP contribution in [-0.4, -0.2) is 56.1 Å². The van der Waals surface area contributed by atoms with Gasteiger partial charge in [-0.2, -0.15) is 0 Å². The first-order valence-corrected chi connectivity index (χ1v) is 8.57. The van der Waals surface area contributed by atoms with Crippen LogP contribution < -0.4 is 5.32 Å². The molecule has 7 nitrogen and oxygen atoms in total. The maximum absolute atomic E-state index is 13.2. The Kier molecular flexibility index (Phi) is 5.47. The van der Waals surface area contributed by atoms with E-state index in [9.17, 15) is 9.18 Å². The number of halogens is 1. The Morgan fingerprint density at radius 3 is 2.54 bits per heavy atom. The van der Waals surface area contributed by atoms with E-state index in [1.54, 1.807) is 20.8 Å². The van der Waals surface area contributed by atoms with Crippen molar-refractivity contribution < 1.29 is 32.9 Å². The highest BCUT2D eigenvalue weighted by atomic mass is 19.1. The average Bonchev–Trinajstić information content (AvgIpc) is 3.07. The highest BCUT2D eigenvalue weighted by molar-refractivity contribution is 5.80. The van der Waals surface area contributed by atoms with E-state index in [4.69, 9.17) is 23.7 Å². The predicted molar refractivity (Wildman–Crippen MR) is 89.9 cm³/mol. The molecule has 2 aliphatic heterocycles. The minimum atomic E-state index is -0.870. The van der Waals surface area contributed by atoms with Crippen molar-refractivity contribution in [3.8, 4) is 0 Å². The maximum atomic E-state index is 13.2. The molecule has 2 aliphatic rings. The van der Waals surface area contributed by atoms with Crippen LogP contribution in [0.25, 0.3) is 0 Å². The van der Waals surface area contributed by atoms with E-state index in [-0.39, 0.29) is 12.4 Å². The molecule has 0 saturated carbocycles. The number of hydrogen-bond acceptors (Lipinski definition) is 7. The zero-order chi connectivity index (χ0) is 18.9. The predicted octanol–water partition coefficient (Wildman–Crippen LogP) is 2.06. The van der Waals surface area contributed by atoms with Gasteiger partial charge in [-0.1, -0.05) is 0 Å². The second kappa shape index (κ2) is 7.48. The van der Waals surface area contributed by atoms with Crippen LogP contribution in [0, 0.1) is 5.82 Å². The Morgan fingerprint density at radius 2 is 1.92 bits per heavy atom. The Bertz CT molecular complexity index is 637. The molecule has 1 aromatic rings. The first-order valence-electron chi connectivity index (χ1n) is 8.57. The normalized spacial score (nSPS) is 30.7. The largest absolute Gasteiger partial charge is 0.464 e. The standard InChI is InChI=1S/C18H24FNO6/c1-5-23-16(21)12(20-11-8-6-10(19)7-9-11)13-14-15(17(22-4)24-13)26-18(2,3)25-14/h6-9,12-15,17,20H,5H2,1-4H3/t12-,13-,14-,15-,17-/m1/s1. The van der Waals surface area contributed by atoms with Crippen LogP contribution in [0.2, 0.25) is 0 Å². The smallest absolute Gasteiger partial charge is 0.331 e. The van der Waals surface area contributed by atoms with E-state index in [1.807, 2.05) is 0 Å². The van der Waals surface area contributed by atoms with Gasteiger partial charge in [-0.15, -0.1) is 0 Å². The van der Waals surface area contributed by atoms with Crippen LogP contribution in [0.4, 0.5) is 10.1 Å². The number of ether oxygens (including phenoxy) is 5. The number of carbonyl (C=O) groups excluding carboxylic acids is 1. The second-order valence-corrected chi connectivity index (χ2v) is 6.65. The van der Waals surface area contributed by atoms with Gasteiger partial charge in [0, 0.05) is 12.8 Å². The first-order chi connectivity index (χ1) is 12.3. The Balaban J connectivity index is 1.85. The van der Waals surface area contributed by atoms with Crippen molar-refractivity contribution >= 4 is 11.7 Å². The fourth-order valence-corrected chi connectivity index (χ4v) is 3.28. The van der Waals surface area contributed by atoms with Gasteiger partial charge in [0.25, 0.3) is 0 Å². The lowest BCUT2D eigenvalue weighted by Crippen LogP contribution is -2.48. The molecule has 5 atom stereocenters. The van der Waals surface area contributed by atoms with E-state index in [1.165, 1.54) is 31.4 Å². The van der Waals surface area contributed by atoms with Crippen LogP contribution in [0.5, 0.6) is 0 Å². The topological polar surface area (TPSA) is 75.3 Å². The van der Waals surface area contributed by atoms with Crippen molar-refractivity contribution in [3.05, 3.63) is 30.1 Å². The van der Waals surface area contributed by atoms with Gasteiger partial charge < -0.3 is 29.0 Å². The van der Waals surface area contributed by atoms with Crippen LogP contribution in [-0.2, 0) is 28.5 Å². The molecule has 0 aliphatic carbocycles. The minimum absolute atomic E-state index is 0.220. The first kappa shape index (κ1) is 19.0. The van der Waals surface area contributed by atoms with Crippen LogP contribution in [0.15, 0.2) is 24.3 Å². The minimum Gasteiger partial charge on any atom is -0.464 e. The molecule has 26 heavy (non-hydrogen) atoms. The Morgan fingerprint density at radius 1 is 1.27 bits per heavy atom. The molecule has 3 rings (SSSR count). The van der Waals surface area contributed by atoms with Gasteiger partial charge >= 0.3 is 5.97 Å². The van der Waals surface area contributed by atoms with Crippen molar-refractivity contribution in [3.63, 3.8) is 0 Å². The lowest BCUT2D eigenvalue weighted by Gasteiger charge is -2.28. The van der Waals surface area contributed by atoms with Crippen molar-refractivity contribution in [2.24, 2.45) is 0 Å². The summed E-state index contributed by atoms with van der Waals surface area (Å²) in [6.07, 6.45) is -2.35. The number of esters is 1. The van der Waals surface area contributed by atoms with Gasteiger partial charge in [0.15, 0.2) is 18.1 Å². The number of benzene rings is 1. The van der Waals surface area contributed by atoms with E-state index in [0.717, 1.165) is 0 Å². The summed E-state index contributed by atoms with van der Waals surface area (Å²) in [6, 6.07) is 4.82. The number of fused-ring (bicyclic) bond motifs is 1. The number of carbonyl (C=O) groups is 1. The second-order valence-electron chi connectivity index (χ2n) is 6.65. The third-order valence-corrected chi connectivity index (χ3v) is 4.31. The molecule has 0 amide bonds. The molecule has 0 bridgehead atoms. The highest BCUT2D eigenvalue weighted by Crippen LogP contribution is 2.40. The third kappa shape index (κ3) is 3.83. The van der Waals surface area contributed by atoms with Gasteiger partial charge in [-0.25, -0.2) is 9.18 Å². The summed E-state index contributed by atoms with van der Waals surface area (Å²) in [5, 5.41) is 3.06. The van der Waals surface area contributed by atoms with Gasteiger partial charge in [0.1, 0.15) is 24.1 Å².